The quantitative estimate of drug-likeness (QED) is 0.666. The summed E-state index contributed by atoms with van der Waals surface area (Å²) in [5, 5.41) is 0. The predicted molar refractivity (Wildman–Crippen MR) is 72.7 cm³/mol. The summed E-state index contributed by atoms with van der Waals surface area (Å²) < 4.78 is 13.1. The van der Waals surface area contributed by atoms with Crippen LogP contribution in [0.2, 0.25) is 0 Å². The van der Waals surface area contributed by atoms with Crippen molar-refractivity contribution in [2.75, 3.05) is 5.73 Å². The second-order valence-corrected chi connectivity index (χ2v) is 4.46. The number of benzene rings is 1. The molecular weight excluding hydrogens is 261 g/mol. The highest BCUT2D eigenvalue weighted by Crippen LogP contribution is 2.09. The van der Waals surface area contributed by atoms with Gasteiger partial charge in [-0.1, -0.05) is 12.1 Å². The number of nitrogens with two attached hydrogens (primary N) is 1. The molecule has 0 fully saturated rings. The fraction of sp³-hybridized carbons (Fsp3) is 0.154. The van der Waals surface area contributed by atoms with Crippen LogP contribution in [0.1, 0.15) is 11.4 Å². The van der Waals surface area contributed by atoms with Gasteiger partial charge in [0.2, 0.25) is 5.95 Å². The molecule has 2 aromatic heterocycles. The molecule has 0 aliphatic heterocycles. The second kappa shape index (κ2) is 4.76. The van der Waals surface area contributed by atoms with Crippen molar-refractivity contribution in [3.05, 3.63) is 51.8 Å². The number of nitrogens with one attached hydrogen (secondary N) is 2. The minimum Gasteiger partial charge on any atom is -0.369 e. The highest BCUT2D eigenvalue weighted by Gasteiger charge is 2.08. The summed E-state index contributed by atoms with van der Waals surface area (Å²) in [6.45, 7) is 0. The lowest BCUT2D eigenvalue weighted by Gasteiger charge is -1.99. The second-order valence-electron chi connectivity index (χ2n) is 4.46. The van der Waals surface area contributed by atoms with Gasteiger partial charge in [-0.2, -0.15) is 4.98 Å². The summed E-state index contributed by atoms with van der Waals surface area (Å²) in [4.78, 5) is 25.1. The van der Waals surface area contributed by atoms with E-state index in [1.165, 1.54) is 12.1 Å². The first-order valence-electron chi connectivity index (χ1n) is 6.10. The highest BCUT2D eigenvalue weighted by atomic mass is 19.1. The molecule has 2 heterocycles. The Balaban J connectivity index is 1.85. The molecule has 0 aliphatic rings. The maximum atomic E-state index is 13.1. The number of aromatic amines is 2. The Morgan fingerprint density at radius 2 is 2.05 bits per heavy atom. The molecule has 0 saturated carbocycles. The number of imidazole rings is 1. The lowest BCUT2D eigenvalue weighted by atomic mass is 10.1. The van der Waals surface area contributed by atoms with Crippen molar-refractivity contribution in [1.29, 1.82) is 0 Å². The van der Waals surface area contributed by atoms with Crippen LogP contribution in [0.15, 0.2) is 29.1 Å². The van der Waals surface area contributed by atoms with E-state index in [0.29, 0.717) is 29.8 Å². The van der Waals surface area contributed by atoms with Gasteiger partial charge in [0.05, 0.1) is 0 Å². The standard InChI is InChI=1S/C13H12FN5O/c14-8-3-1-2-7(6-8)4-5-9-16-10-11(17-9)18-13(15)19-12(10)20/h1-3,6H,4-5H2,(H4,15,16,17,18,19,20). The Hall–Kier alpha value is -2.70. The van der Waals surface area contributed by atoms with E-state index in [1.807, 2.05) is 6.07 Å². The number of halogens is 1. The maximum absolute atomic E-state index is 13.1. The smallest absolute Gasteiger partial charge is 0.278 e. The monoisotopic (exact) mass is 273 g/mol. The van der Waals surface area contributed by atoms with E-state index in [1.54, 1.807) is 6.07 Å². The summed E-state index contributed by atoms with van der Waals surface area (Å²) in [7, 11) is 0. The van der Waals surface area contributed by atoms with E-state index in [-0.39, 0.29) is 17.3 Å². The van der Waals surface area contributed by atoms with Crippen LogP contribution in [0.25, 0.3) is 11.2 Å². The molecule has 3 rings (SSSR count). The van der Waals surface area contributed by atoms with Crippen molar-refractivity contribution >= 4 is 17.1 Å². The first kappa shape index (κ1) is 12.3. The molecule has 0 spiro atoms. The molecule has 0 amide bonds. The Morgan fingerprint density at radius 3 is 2.85 bits per heavy atom. The molecule has 0 saturated heterocycles. The van der Waals surface area contributed by atoms with Crippen LogP contribution in [0.4, 0.5) is 10.3 Å². The fourth-order valence-corrected chi connectivity index (χ4v) is 2.05. The third kappa shape index (κ3) is 2.37. The summed E-state index contributed by atoms with van der Waals surface area (Å²) in [6.07, 6.45) is 1.17. The van der Waals surface area contributed by atoms with Gasteiger partial charge in [0.1, 0.15) is 11.6 Å². The zero-order valence-electron chi connectivity index (χ0n) is 10.5. The molecular formula is C13H12FN5O. The van der Waals surface area contributed by atoms with Crippen molar-refractivity contribution in [1.82, 2.24) is 19.9 Å². The summed E-state index contributed by atoms with van der Waals surface area (Å²) in [6, 6.07) is 6.38. The lowest BCUT2D eigenvalue weighted by Crippen LogP contribution is -2.10. The Labute approximate surface area is 112 Å². The van der Waals surface area contributed by atoms with Crippen LogP contribution in [0.5, 0.6) is 0 Å². The van der Waals surface area contributed by atoms with Gasteiger partial charge < -0.3 is 10.7 Å². The zero-order valence-corrected chi connectivity index (χ0v) is 10.5. The van der Waals surface area contributed by atoms with E-state index in [2.05, 4.69) is 19.9 Å². The van der Waals surface area contributed by atoms with Crippen LogP contribution >= 0.6 is 0 Å². The first-order valence-corrected chi connectivity index (χ1v) is 6.10. The van der Waals surface area contributed by atoms with Crippen LogP contribution < -0.4 is 11.3 Å². The molecule has 0 unspecified atom stereocenters. The molecule has 1 aromatic carbocycles. The lowest BCUT2D eigenvalue weighted by molar-refractivity contribution is 0.625. The van der Waals surface area contributed by atoms with Gasteiger partial charge in [0.15, 0.2) is 11.2 Å². The molecule has 3 aromatic rings. The largest absolute Gasteiger partial charge is 0.369 e. The van der Waals surface area contributed by atoms with E-state index in [0.717, 1.165) is 5.56 Å². The molecule has 0 bridgehead atoms. The van der Waals surface area contributed by atoms with Crippen LogP contribution in [-0.2, 0) is 12.8 Å². The molecule has 0 aliphatic carbocycles. The predicted octanol–water partition coefficient (Wildman–Crippen LogP) is 1.15. The van der Waals surface area contributed by atoms with Crippen molar-refractivity contribution in [2.24, 2.45) is 0 Å². The Morgan fingerprint density at radius 1 is 1.20 bits per heavy atom. The van der Waals surface area contributed by atoms with Crippen LogP contribution in [-0.4, -0.2) is 19.9 Å². The van der Waals surface area contributed by atoms with Crippen molar-refractivity contribution in [3.8, 4) is 0 Å². The van der Waals surface area contributed by atoms with Gasteiger partial charge in [0, 0.05) is 6.42 Å². The fourth-order valence-electron chi connectivity index (χ4n) is 2.05. The molecule has 6 nitrogen and oxygen atoms in total. The van der Waals surface area contributed by atoms with Gasteiger partial charge in [-0.3, -0.25) is 9.78 Å². The maximum Gasteiger partial charge on any atom is 0.278 e. The number of H-pyrrole nitrogens is 2. The van der Waals surface area contributed by atoms with Gasteiger partial charge >= 0.3 is 0 Å². The SMILES string of the molecule is Nc1nc2nc(CCc3cccc(F)c3)[nH]c2c(=O)[nH]1. The van der Waals surface area contributed by atoms with Gasteiger partial charge in [0.25, 0.3) is 5.56 Å². The van der Waals surface area contributed by atoms with Gasteiger partial charge in [-0.15, -0.1) is 0 Å². The molecule has 7 heteroatoms. The number of nitrogen functional groups attached to an aromatic ring is 1. The third-order valence-corrected chi connectivity index (χ3v) is 2.97. The normalized spacial score (nSPS) is 11.1. The zero-order chi connectivity index (χ0) is 14.1. The number of nitrogens with zero attached hydrogens (tertiary/aromatic N) is 2. The third-order valence-electron chi connectivity index (χ3n) is 2.97. The number of anilines is 1. The number of hydrogen-bond donors (Lipinski definition) is 3. The molecule has 4 N–H and O–H groups in total. The number of rotatable bonds is 3. The average Bonchev–Trinajstić information content (AvgIpc) is 2.80. The Kier molecular flexibility index (Phi) is 2.94. The number of fused-ring (bicyclic) bond motifs is 1. The van der Waals surface area contributed by atoms with Crippen LogP contribution in [0.3, 0.4) is 0 Å². The molecule has 0 radical (unpaired) electrons. The summed E-state index contributed by atoms with van der Waals surface area (Å²) in [5.41, 5.74) is 6.56. The summed E-state index contributed by atoms with van der Waals surface area (Å²) >= 11 is 0. The number of aromatic nitrogens is 4. The van der Waals surface area contributed by atoms with Crippen LogP contribution in [0, 0.1) is 5.82 Å². The molecule has 20 heavy (non-hydrogen) atoms. The van der Waals surface area contributed by atoms with E-state index >= 15 is 0 Å². The van der Waals surface area contributed by atoms with Gasteiger partial charge in [-0.25, -0.2) is 9.37 Å². The van der Waals surface area contributed by atoms with Crippen molar-refractivity contribution in [3.63, 3.8) is 0 Å². The Bertz CT molecular complexity index is 823. The van der Waals surface area contributed by atoms with E-state index in [4.69, 9.17) is 5.73 Å². The minimum atomic E-state index is -0.350. The van der Waals surface area contributed by atoms with Gasteiger partial charge in [-0.05, 0) is 24.1 Å². The summed E-state index contributed by atoms with van der Waals surface area (Å²) in [5.74, 6) is 0.386. The van der Waals surface area contributed by atoms with Crippen molar-refractivity contribution < 1.29 is 4.39 Å². The first-order chi connectivity index (χ1) is 9.61. The number of hydrogen-bond acceptors (Lipinski definition) is 4. The number of aryl methyl sites for hydroxylation is 2. The molecule has 0 atom stereocenters. The van der Waals surface area contributed by atoms with E-state index in [9.17, 15) is 9.18 Å². The average molecular weight is 273 g/mol. The highest BCUT2D eigenvalue weighted by molar-refractivity contribution is 5.70. The minimum absolute atomic E-state index is 0.0330. The van der Waals surface area contributed by atoms with Crippen molar-refractivity contribution in [2.45, 2.75) is 12.8 Å². The topological polar surface area (TPSA) is 100 Å². The van der Waals surface area contributed by atoms with E-state index < -0.39 is 0 Å². The molecule has 102 valence electrons.